The number of anilines is 1. The molecule has 0 bridgehead atoms. The highest BCUT2D eigenvalue weighted by atomic mass is 32.1. The Hall–Kier alpha value is -1.15. The van der Waals surface area contributed by atoms with Crippen molar-refractivity contribution in [2.45, 2.75) is 57.9 Å². The fraction of sp³-hybridized carbons (Fsp3) is 0.714. The first-order valence-corrected chi connectivity index (χ1v) is 8.07. The first kappa shape index (κ1) is 17.2. The lowest BCUT2D eigenvalue weighted by Crippen LogP contribution is -2.39. The summed E-state index contributed by atoms with van der Waals surface area (Å²) in [7, 11) is 0. The van der Waals surface area contributed by atoms with Gasteiger partial charge >= 0.3 is 6.18 Å². The molecular formula is C14H19F3N2O2S. The molecule has 124 valence electrons. The molecule has 4 nitrogen and oxygen atoms in total. The van der Waals surface area contributed by atoms with Gasteiger partial charge in [0.1, 0.15) is 6.54 Å². The fourth-order valence-corrected chi connectivity index (χ4v) is 3.24. The number of rotatable bonds is 5. The minimum Gasteiger partial charge on any atom is -0.375 e. The van der Waals surface area contributed by atoms with Gasteiger partial charge in [-0.15, -0.1) is 11.3 Å². The van der Waals surface area contributed by atoms with E-state index in [0.717, 1.165) is 29.1 Å². The summed E-state index contributed by atoms with van der Waals surface area (Å²) in [5.41, 5.74) is 0.605. The zero-order valence-corrected chi connectivity index (χ0v) is 13.3. The second-order valence-electron chi connectivity index (χ2n) is 5.55. The minimum absolute atomic E-state index is 0.0338. The number of carbonyl (C=O) groups excluding carboxylic acids is 1. The lowest BCUT2D eigenvalue weighted by molar-refractivity contribution is -0.132. The number of carbonyl (C=O) groups is 1. The van der Waals surface area contributed by atoms with Crippen LogP contribution in [0.15, 0.2) is 5.38 Å². The summed E-state index contributed by atoms with van der Waals surface area (Å²) >= 11 is 1.05. The van der Waals surface area contributed by atoms with Crippen LogP contribution in [0.5, 0.6) is 0 Å². The second-order valence-corrected chi connectivity index (χ2v) is 6.39. The molecule has 0 aliphatic carbocycles. The SMILES string of the molecule is Cc1csc(N(CC(F)(F)F)C(=O)CC[C@@H]2CC[C@@H](C)O2)n1. The van der Waals surface area contributed by atoms with E-state index in [-0.39, 0.29) is 23.8 Å². The van der Waals surface area contributed by atoms with Crippen molar-refractivity contribution < 1.29 is 22.7 Å². The van der Waals surface area contributed by atoms with Crippen molar-refractivity contribution in [2.75, 3.05) is 11.4 Å². The molecule has 0 aromatic carbocycles. The molecule has 1 saturated heterocycles. The van der Waals surface area contributed by atoms with Crippen molar-refractivity contribution in [2.24, 2.45) is 0 Å². The Balaban J connectivity index is 1.99. The highest BCUT2D eigenvalue weighted by Gasteiger charge is 2.35. The zero-order valence-electron chi connectivity index (χ0n) is 12.5. The fourth-order valence-electron chi connectivity index (χ4n) is 2.42. The largest absolute Gasteiger partial charge is 0.406 e. The van der Waals surface area contributed by atoms with Gasteiger partial charge in [0.05, 0.1) is 17.9 Å². The number of nitrogens with zero attached hydrogens (tertiary/aromatic N) is 2. The molecule has 0 N–H and O–H groups in total. The Morgan fingerprint density at radius 2 is 2.23 bits per heavy atom. The van der Waals surface area contributed by atoms with Crippen molar-refractivity contribution in [1.82, 2.24) is 4.98 Å². The van der Waals surface area contributed by atoms with Gasteiger partial charge in [0.15, 0.2) is 5.13 Å². The first-order chi connectivity index (χ1) is 10.2. The van der Waals surface area contributed by atoms with Crippen LogP contribution in [0.2, 0.25) is 0 Å². The third-order valence-corrected chi connectivity index (χ3v) is 4.46. The van der Waals surface area contributed by atoms with Crippen LogP contribution in [0, 0.1) is 6.92 Å². The summed E-state index contributed by atoms with van der Waals surface area (Å²) in [6.07, 6.45) is -2.07. The van der Waals surface area contributed by atoms with Crippen molar-refractivity contribution in [3.63, 3.8) is 0 Å². The molecule has 1 aliphatic rings. The molecule has 2 rings (SSSR count). The van der Waals surface area contributed by atoms with Crippen molar-refractivity contribution in [3.05, 3.63) is 11.1 Å². The number of alkyl halides is 3. The predicted octanol–water partition coefficient (Wildman–Crippen LogP) is 3.69. The van der Waals surface area contributed by atoms with Gasteiger partial charge in [-0.2, -0.15) is 13.2 Å². The smallest absolute Gasteiger partial charge is 0.375 e. The normalized spacial score (nSPS) is 22.0. The molecule has 2 heterocycles. The molecule has 2 atom stereocenters. The van der Waals surface area contributed by atoms with E-state index < -0.39 is 18.6 Å². The van der Waals surface area contributed by atoms with E-state index in [1.54, 1.807) is 12.3 Å². The molecule has 0 saturated carbocycles. The molecule has 8 heteroatoms. The molecule has 1 aromatic heterocycles. The molecule has 1 fully saturated rings. The number of hydrogen-bond donors (Lipinski definition) is 0. The van der Waals surface area contributed by atoms with E-state index in [9.17, 15) is 18.0 Å². The second kappa shape index (κ2) is 6.95. The van der Waals surface area contributed by atoms with Crippen LogP contribution in [-0.4, -0.2) is 35.8 Å². The van der Waals surface area contributed by atoms with Crippen LogP contribution in [0.1, 0.15) is 38.3 Å². The maximum atomic E-state index is 12.7. The zero-order chi connectivity index (χ0) is 16.3. The average molecular weight is 336 g/mol. The van der Waals surface area contributed by atoms with Crippen LogP contribution in [0.3, 0.4) is 0 Å². The number of aromatic nitrogens is 1. The molecule has 22 heavy (non-hydrogen) atoms. The highest BCUT2D eigenvalue weighted by molar-refractivity contribution is 7.14. The Morgan fingerprint density at radius 1 is 1.50 bits per heavy atom. The van der Waals surface area contributed by atoms with Gasteiger partial charge < -0.3 is 4.74 Å². The maximum Gasteiger partial charge on any atom is 0.406 e. The van der Waals surface area contributed by atoms with Crippen LogP contribution in [-0.2, 0) is 9.53 Å². The van der Waals surface area contributed by atoms with Crippen LogP contribution >= 0.6 is 11.3 Å². The number of ether oxygens (including phenoxy) is 1. The number of hydrogen-bond acceptors (Lipinski definition) is 4. The summed E-state index contributed by atoms with van der Waals surface area (Å²) < 4.78 is 43.7. The molecule has 1 aliphatic heterocycles. The molecular weight excluding hydrogens is 317 g/mol. The van der Waals surface area contributed by atoms with E-state index in [0.29, 0.717) is 12.1 Å². The van der Waals surface area contributed by atoms with Crippen molar-refractivity contribution >= 4 is 22.4 Å². The van der Waals surface area contributed by atoms with E-state index in [2.05, 4.69) is 4.98 Å². The minimum atomic E-state index is -4.45. The molecule has 0 spiro atoms. The summed E-state index contributed by atoms with van der Waals surface area (Å²) in [5, 5.41) is 1.73. The van der Waals surface area contributed by atoms with E-state index in [1.807, 2.05) is 6.92 Å². The topological polar surface area (TPSA) is 42.4 Å². The quantitative estimate of drug-likeness (QED) is 0.823. The van der Waals surface area contributed by atoms with Crippen LogP contribution in [0.25, 0.3) is 0 Å². The Bertz CT molecular complexity index is 518. The van der Waals surface area contributed by atoms with Gasteiger partial charge in [0, 0.05) is 11.8 Å². The van der Waals surface area contributed by atoms with Crippen LogP contribution < -0.4 is 4.90 Å². The first-order valence-electron chi connectivity index (χ1n) is 7.19. The lowest BCUT2D eigenvalue weighted by Gasteiger charge is -2.22. The van der Waals surface area contributed by atoms with Gasteiger partial charge in [-0.1, -0.05) is 0 Å². The summed E-state index contributed by atoms with van der Waals surface area (Å²) in [6.45, 7) is 2.33. The summed E-state index contributed by atoms with van der Waals surface area (Å²) in [6, 6.07) is 0. The van der Waals surface area contributed by atoms with Gasteiger partial charge in [-0.3, -0.25) is 9.69 Å². The lowest BCUT2D eigenvalue weighted by atomic mass is 10.1. The molecule has 1 amide bonds. The number of thiazole rings is 1. The van der Waals surface area contributed by atoms with Gasteiger partial charge in [-0.05, 0) is 33.1 Å². The van der Waals surface area contributed by atoms with Crippen molar-refractivity contribution in [3.8, 4) is 0 Å². The van der Waals surface area contributed by atoms with Gasteiger partial charge in [0.25, 0.3) is 0 Å². The number of aryl methyl sites for hydroxylation is 1. The van der Waals surface area contributed by atoms with Crippen LogP contribution in [0.4, 0.5) is 18.3 Å². The molecule has 1 aromatic rings. The Labute approximate surface area is 131 Å². The summed E-state index contributed by atoms with van der Waals surface area (Å²) in [4.78, 5) is 16.9. The van der Waals surface area contributed by atoms with Gasteiger partial charge in [0.2, 0.25) is 5.91 Å². The standard InChI is InChI=1S/C14H19F3N2O2S/c1-9-7-22-13(18-9)19(8-14(15,16)17)12(20)6-5-11-4-3-10(2)21-11/h7,10-11H,3-6,8H2,1-2H3/t10-,11+/m1/s1. The summed E-state index contributed by atoms with van der Waals surface area (Å²) in [5.74, 6) is -0.560. The Morgan fingerprint density at radius 3 is 2.73 bits per heavy atom. The maximum absolute atomic E-state index is 12.7. The van der Waals surface area contributed by atoms with Crippen molar-refractivity contribution in [1.29, 1.82) is 0 Å². The van der Waals surface area contributed by atoms with E-state index in [4.69, 9.17) is 4.74 Å². The average Bonchev–Trinajstić information content (AvgIpc) is 3.01. The Kier molecular flexibility index (Phi) is 5.44. The van der Waals surface area contributed by atoms with E-state index >= 15 is 0 Å². The third kappa shape index (κ3) is 4.95. The number of amides is 1. The molecule has 0 unspecified atom stereocenters. The molecule has 0 radical (unpaired) electrons. The monoisotopic (exact) mass is 336 g/mol. The van der Waals surface area contributed by atoms with E-state index in [1.165, 1.54) is 0 Å². The highest BCUT2D eigenvalue weighted by Crippen LogP contribution is 2.27. The predicted molar refractivity (Wildman–Crippen MR) is 78.1 cm³/mol. The van der Waals surface area contributed by atoms with Gasteiger partial charge in [-0.25, -0.2) is 4.98 Å². The number of halogens is 3. The third-order valence-electron chi connectivity index (χ3n) is 3.48.